The predicted octanol–water partition coefficient (Wildman–Crippen LogP) is 2.56. The number of nitrogens with zero attached hydrogens (tertiary/aromatic N) is 2. The molecule has 1 saturated heterocycles. The second-order valence-electron chi connectivity index (χ2n) is 5.81. The van der Waals surface area contributed by atoms with Crippen molar-refractivity contribution in [2.24, 2.45) is 0 Å². The molecule has 1 aromatic carbocycles. The van der Waals surface area contributed by atoms with E-state index in [0.29, 0.717) is 23.8 Å². The molecule has 1 aromatic heterocycles. The van der Waals surface area contributed by atoms with Gasteiger partial charge < -0.3 is 9.46 Å². The molecular formula is C17H20ClN3O3S. The molecule has 0 spiro atoms. The predicted molar refractivity (Wildman–Crippen MR) is 96.5 cm³/mol. The molecule has 0 saturated carbocycles. The topological polar surface area (TPSA) is 74.9 Å². The number of sulfonamides is 1. The third-order valence-electron chi connectivity index (χ3n) is 4.12. The zero-order chi connectivity index (χ0) is 17.9. The molecule has 1 fully saturated rings. The number of benzene rings is 1. The lowest BCUT2D eigenvalue weighted by atomic mass is 10.2. The van der Waals surface area contributed by atoms with Crippen molar-refractivity contribution in [1.82, 2.24) is 0 Å². The Labute approximate surface area is 152 Å². The van der Waals surface area contributed by atoms with Gasteiger partial charge in [-0.2, -0.15) is 0 Å². The highest BCUT2D eigenvalue weighted by molar-refractivity contribution is 7.94. The highest BCUT2D eigenvalue weighted by Gasteiger charge is 2.19. The van der Waals surface area contributed by atoms with Crippen molar-refractivity contribution in [1.29, 1.82) is 0 Å². The molecule has 8 heteroatoms. The van der Waals surface area contributed by atoms with E-state index in [4.69, 9.17) is 16.3 Å². The Balaban J connectivity index is 1.73. The zero-order valence-electron chi connectivity index (χ0n) is 13.9. The molecule has 0 aliphatic carbocycles. The van der Waals surface area contributed by atoms with Gasteiger partial charge in [-0.1, -0.05) is 23.2 Å². The van der Waals surface area contributed by atoms with Gasteiger partial charge in [0, 0.05) is 11.1 Å². The lowest BCUT2D eigenvalue weighted by Crippen LogP contribution is -2.39. The van der Waals surface area contributed by atoms with Crippen LogP contribution in [0.4, 0.5) is 5.82 Å². The molecule has 134 valence electrons. The first-order chi connectivity index (χ1) is 12.0. The van der Waals surface area contributed by atoms with E-state index < -0.39 is 10.0 Å². The average Bonchev–Trinajstić information content (AvgIpc) is 2.63. The first kappa shape index (κ1) is 18.1. The van der Waals surface area contributed by atoms with Crippen molar-refractivity contribution >= 4 is 27.4 Å². The highest BCUT2D eigenvalue weighted by atomic mass is 35.5. The van der Waals surface area contributed by atoms with Crippen LogP contribution in [0.25, 0.3) is 4.72 Å². The molecule has 1 aliphatic heterocycles. The number of hydrogen-bond donors (Lipinski definition) is 0. The fourth-order valence-corrected chi connectivity index (χ4v) is 4.12. The highest BCUT2D eigenvalue weighted by Crippen LogP contribution is 2.27. The van der Waals surface area contributed by atoms with Crippen LogP contribution in [0.15, 0.2) is 41.4 Å². The Bertz CT molecular complexity index is 852. The van der Waals surface area contributed by atoms with Gasteiger partial charge in [-0.05, 0) is 30.7 Å². The number of pyridine rings is 1. The molecule has 0 radical (unpaired) electrons. The molecule has 0 atom stereocenters. The average molecular weight is 382 g/mol. The van der Waals surface area contributed by atoms with Crippen molar-refractivity contribution in [3.63, 3.8) is 0 Å². The van der Waals surface area contributed by atoms with Crippen LogP contribution in [0.2, 0.25) is 5.02 Å². The molecule has 2 heterocycles. The maximum atomic E-state index is 12.5. The Morgan fingerprint density at radius 1 is 1.28 bits per heavy atom. The third-order valence-corrected chi connectivity index (χ3v) is 5.99. The van der Waals surface area contributed by atoms with Crippen LogP contribution in [0.3, 0.4) is 0 Å². The SMILES string of the molecule is Cc1c(Cl)cccc1S(=O)(=O)[N-]Cc1cc[nH+]c(N2CCOCC2)c1. The number of halogens is 1. The summed E-state index contributed by atoms with van der Waals surface area (Å²) in [6.07, 6.45) is 1.80. The van der Waals surface area contributed by atoms with Gasteiger partial charge in [0.15, 0.2) is 0 Å². The second kappa shape index (κ2) is 7.70. The van der Waals surface area contributed by atoms with Crippen molar-refractivity contribution in [3.05, 3.63) is 57.4 Å². The maximum absolute atomic E-state index is 12.5. The van der Waals surface area contributed by atoms with E-state index in [1.165, 1.54) is 6.07 Å². The van der Waals surface area contributed by atoms with E-state index in [1.807, 2.05) is 12.1 Å². The molecule has 2 aromatic rings. The molecule has 0 unspecified atom stereocenters. The van der Waals surface area contributed by atoms with Gasteiger partial charge in [0.2, 0.25) is 0 Å². The summed E-state index contributed by atoms with van der Waals surface area (Å²) >= 11 is 6.02. The molecule has 1 N–H and O–H groups in total. The van der Waals surface area contributed by atoms with Crippen LogP contribution >= 0.6 is 11.6 Å². The zero-order valence-corrected chi connectivity index (χ0v) is 15.5. The standard InChI is InChI=1S/C17H19ClN3O3S/c1-13-15(18)3-2-4-16(13)25(22,23)20-12-14-5-6-19-17(11-14)21-7-9-24-10-8-21/h2-6,11H,7-10,12H2,1H3/q-1/p+1. The quantitative estimate of drug-likeness (QED) is 0.797. The fraction of sp³-hybridized carbons (Fsp3) is 0.353. The lowest BCUT2D eigenvalue weighted by Gasteiger charge is -2.23. The van der Waals surface area contributed by atoms with E-state index in [0.717, 1.165) is 24.5 Å². The summed E-state index contributed by atoms with van der Waals surface area (Å²) in [5, 5.41) is 0.417. The number of rotatable bonds is 5. The van der Waals surface area contributed by atoms with Gasteiger partial charge in [0.25, 0.3) is 5.82 Å². The Hall–Kier alpha value is -1.67. The van der Waals surface area contributed by atoms with Crippen LogP contribution in [-0.4, -0.2) is 34.7 Å². The van der Waals surface area contributed by atoms with Crippen LogP contribution in [-0.2, 0) is 21.3 Å². The Kier molecular flexibility index (Phi) is 5.58. The summed E-state index contributed by atoms with van der Waals surface area (Å²) in [6.45, 7) is 4.74. The van der Waals surface area contributed by atoms with Gasteiger partial charge in [-0.25, -0.2) is 13.4 Å². The number of H-pyrrole nitrogens is 1. The van der Waals surface area contributed by atoms with Crippen LogP contribution in [0.1, 0.15) is 11.1 Å². The van der Waals surface area contributed by atoms with E-state index in [-0.39, 0.29) is 11.4 Å². The molecule has 1 aliphatic rings. The van der Waals surface area contributed by atoms with Crippen LogP contribution in [0.5, 0.6) is 0 Å². The van der Waals surface area contributed by atoms with E-state index in [2.05, 4.69) is 14.6 Å². The van der Waals surface area contributed by atoms with E-state index in [1.54, 1.807) is 25.3 Å². The summed E-state index contributed by atoms with van der Waals surface area (Å²) in [6, 6.07) is 8.56. The number of morpholine rings is 1. The Morgan fingerprint density at radius 3 is 2.80 bits per heavy atom. The molecular weight excluding hydrogens is 362 g/mol. The maximum Gasteiger partial charge on any atom is 0.274 e. The first-order valence-corrected chi connectivity index (χ1v) is 9.81. The summed E-state index contributed by atoms with van der Waals surface area (Å²) in [5.74, 6) is 0.937. The molecule has 0 amide bonds. The summed E-state index contributed by atoms with van der Waals surface area (Å²) in [4.78, 5) is 5.50. The number of ether oxygens (including phenoxy) is 1. The number of anilines is 1. The summed E-state index contributed by atoms with van der Waals surface area (Å²) < 4.78 is 34.3. The third kappa shape index (κ3) is 4.30. The number of aromatic nitrogens is 1. The van der Waals surface area contributed by atoms with Crippen LogP contribution in [0, 0.1) is 6.92 Å². The Morgan fingerprint density at radius 2 is 2.04 bits per heavy atom. The number of nitrogens with one attached hydrogen (secondary N) is 1. The normalized spacial score (nSPS) is 15.4. The van der Waals surface area contributed by atoms with Crippen molar-refractivity contribution in [3.8, 4) is 0 Å². The minimum Gasteiger partial charge on any atom is -0.541 e. The minimum absolute atomic E-state index is 0.0836. The smallest absolute Gasteiger partial charge is 0.274 e. The number of hydrogen-bond acceptors (Lipinski definition) is 4. The van der Waals surface area contributed by atoms with E-state index >= 15 is 0 Å². The summed E-state index contributed by atoms with van der Waals surface area (Å²) in [7, 11) is -3.75. The summed E-state index contributed by atoms with van der Waals surface area (Å²) in [5.41, 5.74) is 1.34. The van der Waals surface area contributed by atoms with E-state index in [9.17, 15) is 8.42 Å². The van der Waals surface area contributed by atoms with Gasteiger partial charge >= 0.3 is 0 Å². The van der Waals surface area contributed by atoms with Gasteiger partial charge in [0.05, 0.1) is 24.3 Å². The van der Waals surface area contributed by atoms with Crippen molar-refractivity contribution in [2.75, 3.05) is 31.2 Å². The largest absolute Gasteiger partial charge is 0.541 e. The second-order valence-corrected chi connectivity index (χ2v) is 7.86. The minimum atomic E-state index is -3.75. The fourth-order valence-electron chi connectivity index (χ4n) is 2.68. The van der Waals surface area contributed by atoms with Gasteiger partial charge in [0.1, 0.15) is 23.1 Å². The molecule has 3 rings (SSSR count). The van der Waals surface area contributed by atoms with Crippen LogP contribution < -0.4 is 9.88 Å². The monoisotopic (exact) mass is 381 g/mol. The van der Waals surface area contributed by atoms with Gasteiger partial charge in [-0.15, -0.1) is 6.54 Å². The molecule has 0 bridgehead atoms. The number of aromatic amines is 1. The molecule has 25 heavy (non-hydrogen) atoms. The van der Waals surface area contributed by atoms with Gasteiger partial charge in [-0.3, -0.25) is 4.90 Å². The lowest BCUT2D eigenvalue weighted by molar-refractivity contribution is -0.364. The molecule has 6 nitrogen and oxygen atoms in total. The van der Waals surface area contributed by atoms with Crippen molar-refractivity contribution < 1.29 is 18.1 Å². The van der Waals surface area contributed by atoms with Crippen molar-refractivity contribution in [2.45, 2.75) is 18.4 Å². The first-order valence-electron chi connectivity index (χ1n) is 7.99.